The van der Waals surface area contributed by atoms with Gasteiger partial charge in [-0.25, -0.2) is 4.79 Å². The molecule has 1 fully saturated rings. The summed E-state index contributed by atoms with van der Waals surface area (Å²) >= 11 is 0. The van der Waals surface area contributed by atoms with Gasteiger partial charge in [0.2, 0.25) is 0 Å². The number of rotatable bonds is 10. The van der Waals surface area contributed by atoms with Gasteiger partial charge in [-0.3, -0.25) is 24.0 Å². The predicted octanol–water partition coefficient (Wildman–Crippen LogP) is 2.07. The lowest BCUT2D eigenvalue weighted by Gasteiger charge is -2.31. The van der Waals surface area contributed by atoms with Gasteiger partial charge in [-0.2, -0.15) is 0 Å². The summed E-state index contributed by atoms with van der Waals surface area (Å²) in [6.07, 6.45) is 4.61. The van der Waals surface area contributed by atoms with Crippen LogP contribution in [0.1, 0.15) is 48.5 Å². The number of likely N-dealkylation sites (tertiary alicyclic amines) is 1. The number of carbonyl (C=O) groups excluding carboxylic acids is 1. The number of nitrogens with one attached hydrogen (secondary N) is 1. The quantitative estimate of drug-likeness (QED) is 0.523. The molecule has 9 nitrogen and oxygen atoms in total. The van der Waals surface area contributed by atoms with Gasteiger partial charge in [-0.15, -0.1) is 0 Å². The fourth-order valence-electron chi connectivity index (χ4n) is 4.40. The predicted molar refractivity (Wildman–Crippen MR) is 127 cm³/mol. The van der Waals surface area contributed by atoms with Crippen LogP contribution in [-0.4, -0.2) is 54.1 Å². The first-order chi connectivity index (χ1) is 15.9. The molecule has 1 aliphatic heterocycles. The van der Waals surface area contributed by atoms with Gasteiger partial charge in [0.25, 0.3) is 5.56 Å². The van der Waals surface area contributed by atoms with E-state index in [0.29, 0.717) is 18.9 Å². The van der Waals surface area contributed by atoms with E-state index >= 15 is 0 Å². The van der Waals surface area contributed by atoms with Crippen molar-refractivity contribution < 1.29 is 14.3 Å². The lowest BCUT2D eigenvalue weighted by Crippen LogP contribution is -2.41. The highest BCUT2D eigenvalue weighted by Gasteiger charge is 2.25. The summed E-state index contributed by atoms with van der Waals surface area (Å²) in [5.74, 6) is 1.75. The van der Waals surface area contributed by atoms with E-state index in [2.05, 4.69) is 9.88 Å². The van der Waals surface area contributed by atoms with Gasteiger partial charge in [0.15, 0.2) is 5.78 Å². The Hall–Kier alpha value is -3.07. The largest absolute Gasteiger partial charge is 0.497 e. The molecule has 1 saturated heterocycles. The van der Waals surface area contributed by atoms with Crippen molar-refractivity contribution >= 4 is 11.6 Å². The number of nitrogen functional groups attached to an aromatic ring is 1. The summed E-state index contributed by atoms with van der Waals surface area (Å²) < 4.78 is 12.0. The van der Waals surface area contributed by atoms with E-state index < -0.39 is 11.2 Å². The minimum Gasteiger partial charge on any atom is -0.497 e. The summed E-state index contributed by atoms with van der Waals surface area (Å²) in [5.41, 5.74) is 5.80. The highest BCUT2D eigenvalue weighted by atomic mass is 16.5. The number of benzene rings is 1. The van der Waals surface area contributed by atoms with Gasteiger partial charge in [0.1, 0.15) is 22.9 Å². The van der Waals surface area contributed by atoms with E-state index in [4.69, 9.17) is 15.2 Å². The number of ether oxygens (including phenoxy) is 2. The molecule has 0 aliphatic carbocycles. The first-order valence-electron chi connectivity index (χ1n) is 11.5. The number of carbonyl (C=O) groups is 1. The van der Waals surface area contributed by atoms with Gasteiger partial charge in [-0.05, 0) is 68.8 Å². The van der Waals surface area contributed by atoms with Crippen molar-refractivity contribution in [3.05, 3.63) is 50.2 Å². The summed E-state index contributed by atoms with van der Waals surface area (Å²) in [5, 5.41) is 0. The van der Waals surface area contributed by atoms with Gasteiger partial charge in [-0.1, -0.05) is 6.92 Å². The maximum atomic E-state index is 12.9. The number of hydrogen-bond donors (Lipinski definition) is 2. The summed E-state index contributed by atoms with van der Waals surface area (Å²) in [6, 6.07) is 5.94. The lowest BCUT2D eigenvalue weighted by atomic mass is 9.90. The molecule has 3 rings (SSSR count). The zero-order valence-corrected chi connectivity index (χ0v) is 19.7. The molecule has 180 valence electrons. The van der Waals surface area contributed by atoms with E-state index in [1.807, 2.05) is 25.1 Å². The van der Waals surface area contributed by atoms with Gasteiger partial charge in [0, 0.05) is 12.6 Å². The number of Topliss-reactive ketones (excluding diaryl/α,β-unsaturated/α-hetero) is 1. The molecule has 0 amide bonds. The van der Waals surface area contributed by atoms with Gasteiger partial charge >= 0.3 is 5.69 Å². The third-order valence-electron chi connectivity index (χ3n) is 6.29. The topological polar surface area (TPSA) is 120 Å². The molecular formula is C24H34N4O5. The van der Waals surface area contributed by atoms with Crippen LogP contribution in [0.3, 0.4) is 0 Å². The number of aromatic amines is 1. The highest BCUT2D eigenvalue weighted by molar-refractivity contribution is 6.01. The SMILES string of the molecule is CCCn1c(N)c(C(=O)CN2CCC(CCc3cc(OC)cc(OC)c3)CC2)c(=O)[nH]c1=O. The molecule has 0 bridgehead atoms. The average molecular weight is 459 g/mol. The van der Waals surface area contributed by atoms with Crippen molar-refractivity contribution in [3.63, 3.8) is 0 Å². The second kappa shape index (κ2) is 11.2. The molecule has 33 heavy (non-hydrogen) atoms. The summed E-state index contributed by atoms with van der Waals surface area (Å²) in [7, 11) is 3.30. The fourth-order valence-corrected chi connectivity index (χ4v) is 4.40. The number of methoxy groups -OCH3 is 2. The smallest absolute Gasteiger partial charge is 0.329 e. The van der Waals surface area contributed by atoms with Crippen molar-refractivity contribution in [1.29, 1.82) is 0 Å². The van der Waals surface area contributed by atoms with Crippen LogP contribution >= 0.6 is 0 Å². The van der Waals surface area contributed by atoms with E-state index in [1.165, 1.54) is 10.1 Å². The molecular weight excluding hydrogens is 424 g/mol. The Labute approximate surface area is 193 Å². The van der Waals surface area contributed by atoms with Crippen molar-refractivity contribution in [2.45, 2.75) is 45.6 Å². The molecule has 1 aromatic heterocycles. The molecule has 0 spiro atoms. The van der Waals surface area contributed by atoms with Crippen LogP contribution in [0, 0.1) is 5.92 Å². The van der Waals surface area contributed by atoms with Gasteiger partial charge in [0.05, 0.1) is 20.8 Å². The molecule has 0 atom stereocenters. The monoisotopic (exact) mass is 458 g/mol. The van der Waals surface area contributed by atoms with Crippen molar-refractivity contribution in [3.8, 4) is 11.5 Å². The average Bonchev–Trinajstić information content (AvgIpc) is 2.80. The normalized spacial score (nSPS) is 14.9. The minimum absolute atomic E-state index is 0.0424. The molecule has 3 N–H and O–H groups in total. The molecule has 1 aliphatic rings. The molecule has 9 heteroatoms. The third kappa shape index (κ3) is 6.04. The van der Waals surface area contributed by atoms with Crippen LogP contribution in [0.2, 0.25) is 0 Å². The van der Waals surface area contributed by atoms with E-state index in [0.717, 1.165) is 50.3 Å². The maximum Gasteiger partial charge on any atom is 0.329 e. The molecule has 0 radical (unpaired) electrons. The molecule has 0 unspecified atom stereocenters. The van der Waals surface area contributed by atoms with Crippen molar-refractivity contribution in [1.82, 2.24) is 14.5 Å². The second-order valence-corrected chi connectivity index (χ2v) is 8.57. The van der Waals surface area contributed by atoms with Crippen molar-refractivity contribution in [2.24, 2.45) is 5.92 Å². The highest BCUT2D eigenvalue weighted by Crippen LogP contribution is 2.27. The Balaban J connectivity index is 1.56. The van der Waals surface area contributed by atoms with Crippen LogP contribution in [0.15, 0.2) is 27.8 Å². The Bertz CT molecular complexity index is 1060. The standard InChI is InChI=1S/C24H34N4O5/c1-4-9-28-22(25)21(23(30)26-24(28)31)20(29)15-27-10-7-16(8-11-27)5-6-17-12-18(32-2)14-19(13-17)33-3/h12-14,16H,4-11,15,25H2,1-3H3,(H,26,30,31). The van der Waals surface area contributed by atoms with Crippen molar-refractivity contribution in [2.75, 3.05) is 39.6 Å². The second-order valence-electron chi connectivity index (χ2n) is 8.57. The summed E-state index contributed by atoms with van der Waals surface area (Å²) in [6.45, 7) is 3.94. The molecule has 1 aromatic carbocycles. The minimum atomic E-state index is -0.710. The Morgan fingerprint density at radius 1 is 1.12 bits per heavy atom. The zero-order chi connectivity index (χ0) is 24.0. The van der Waals surface area contributed by atoms with E-state index in [-0.39, 0.29) is 23.7 Å². The fraction of sp³-hybridized carbons (Fsp3) is 0.542. The Morgan fingerprint density at radius 2 is 1.76 bits per heavy atom. The molecule has 2 aromatic rings. The van der Waals surface area contributed by atoms with Crippen LogP contribution in [0.4, 0.5) is 5.82 Å². The zero-order valence-electron chi connectivity index (χ0n) is 19.7. The third-order valence-corrected chi connectivity index (χ3v) is 6.29. The Kier molecular flexibility index (Phi) is 8.32. The van der Waals surface area contributed by atoms with Crippen LogP contribution in [0.5, 0.6) is 11.5 Å². The number of hydrogen-bond acceptors (Lipinski definition) is 7. The van der Waals surface area contributed by atoms with Crippen LogP contribution in [0.25, 0.3) is 0 Å². The first-order valence-corrected chi connectivity index (χ1v) is 11.5. The van der Waals surface area contributed by atoms with Gasteiger partial charge < -0.3 is 15.2 Å². The lowest BCUT2D eigenvalue weighted by molar-refractivity contribution is 0.0892. The molecule has 2 heterocycles. The van der Waals surface area contributed by atoms with Crippen LogP contribution in [-0.2, 0) is 13.0 Å². The number of piperidine rings is 1. The number of ketones is 1. The molecule has 0 saturated carbocycles. The van der Waals surface area contributed by atoms with Crippen LogP contribution < -0.4 is 26.5 Å². The summed E-state index contributed by atoms with van der Waals surface area (Å²) in [4.78, 5) is 41.4. The first kappa shape index (κ1) is 24.6. The number of nitrogens with zero attached hydrogens (tertiary/aromatic N) is 2. The number of anilines is 1. The van der Waals surface area contributed by atoms with E-state index in [9.17, 15) is 14.4 Å². The van der Waals surface area contributed by atoms with E-state index in [1.54, 1.807) is 14.2 Å². The number of H-pyrrole nitrogens is 1. The number of aromatic nitrogens is 2. The number of aryl methyl sites for hydroxylation is 1. The number of nitrogens with two attached hydrogens (primary N) is 1. The Morgan fingerprint density at radius 3 is 2.33 bits per heavy atom. The maximum absolute atomic E-state index is 12.9.